The molecule has 1 saturated heterocycles. The van der Waals surface area contributed by atoms with Crippen LogP contribution in [0.1, 0.15) is 64.4 Å². The third-order valence-corrected chi connectivity index (χ3v) is 5.62. The number of piperidine rings is 1. The number of carbonyl (C=O) groups excluding carboxylic acids is 2. The van der Waals surface area contributed by atoms with Crippen LogP contribution in [-0.4, -0.2) is 50.1 Å². The van der Waals surface area contributed by atoms with Crippen LogP contribution in [0.3, 0.4) is 0 Å². The zero-order chi connectivity index (χ0) is 22.5. The molecule has 0 aliphatic carbocycles. The van der Waals surface area contributed by atoms with Crippen molar-refractivity contribution in [2.45, 2.75) is 58.8 Å². The number of likely N-dealkylation sites (tertiary alicyclic amines) is 1. The number of hydrogen-bond donors (Lipinski definition) is 1. The molecule has 6 heteroatoms. The van der Waals surface area contributed by atoms with Gasteiger partial charge in [0.25, 0.3) is 0 Å². The number of methoxy groups -OCH3 is 1. The zero-order valence-corrected chi connectivity index (χ0v) is 19.3. The molecule has 0 atom stereocenters. The van der Waals surface area contributed by atoms with E-state index in [0.29, 0.717) is 25.4 Å². The Balaban J connectivity index is 1.82. The van der Waals surface area contributed by atoms with Crippen molar-refractivity contribution in [1.29, 1.82) is 0 Å². The van der Waals surface area contributed by atoms with Crippen LogP contribution in [0.15, 0.2) is 24.3 Å². The number of amides is 2. The summed E-state index contributed by atoms with van der Waals surface area (Å²) in [5, 5.41) is 3.03. The van der Waals surface area contributed by atoms with E-state index in [9.17, 15) is 9.59 Å². The molecule has 1 fully saturated rings. The topological polar surface area (TPSA) is 67.9 Å². The largest absolute Gasteiger partial charge is 0.493 e. The molecular weight excluding hydrogens is 392 g/mol. The van der Waals surface area contributed by atoms with E-state index < -0.39 is 0 Å². The molecule has 172 valence electrons. The lowest BCUT2D eigenvalue weighted by Gasteiger charge is -2.30. The lowest BCUT2D eigenvalue weighted by Crippen LogP contribution is -2.42. The maximum absolute atomic E-state index is 12.6. The Morgan fingerprint density at radius 3 is 2.52 bits per heavy atom. The van der Waals surface area contributed by atoms with Crippen molar-refractivity contribution in [1.82, 2.24) is 10.2 Å². The molecule has 1 heterocycles. The van der Waals surface area contributed by atoms with Crippen LogP contribution in [0.4, 0.5) is 0 Å². The van der Waals surface area contributed by atoms with Gasteiger partial charge in [0.1, 0.15) is 0 Å². The first kappa shape index (κ1) is 24.8. The summed E-state index contributed by atoms with van der Waals surface area (Å²) in [4.78, 5) is 26.7. The molecule has 0 unspecified atom stereocenters. The van der Waals surface area contributed by atoms with Crippen molar-refractivity contribution in [2.24, 2.45) is 5.92 Å². The molecular formula is C25H38N2O4. The molecule has 2 amide bonds. The highest BCUT2D eigenvalue weighted by molar-refractivity contribution is 5.92. The minimum Gasteiger partial charge on any atom is -0.493 e. The fourth-order valence-electron chi connectivity index (χ4n) is 3.60. The van der Waals surface area contributed by atoms with Gasteiger partial charge >= 0.3 is 0 Å². The molecule has 1 N–H and O–H groups in total. The van der Waals surface area contributed by atoms with Gasteiger partial charge in [-0.1, -0.05) is 39.2 Å². The first-order chi connectivity index (χ1) is 15.1. The Labute approximate surface area is 187 Å². The second-order valence-corrected chi connectivity index (χ2v) is 8.04. The number of benzene rings is 1. The van der Waals surface area contributed by atoms with Crippen LogP contribution in [0.2, 0.25) is 0 Å². The minimum absolute atomic E-state index is 0.0131. The molecule has 1 aliphatic heterocycles. The van der Waals surface area contributed by atoms with E-state index in [1.165, 1.54) is 0 Å². The van der Waals surface area contributed by atoms with Crippen molar-refractivity contribution in [3.8, 4) is 11.5 Å². The molecule has 0 radical (unpaired) electrons. The number of nitrogens with one attached hydrogen (secondary N) is 1. The highest BCUT2D eigenvalue weighted by Gasteiger charge is 2.26. The number of ether oxygens (including phenoxy) is 2. The molecule has 31 heavy (non-hydrogen) atoms. The van der Waals surface area contributed by atoms with Gasteiger partial charge < -0.3 is 19.7 Å². The van der Waals surface area contributed by atoms with Crippen molar-refractivity contribution >= 4 is 17.9 Å². The van der Waals surface area contributed by atoms with E-state index in [0.717, 1.165) is 62.8 Å². The van der Waals surface area contributed by atoms with Crippen LogP contribution >= 0.6 is 0 Å². The van der Waals surface area contributed by atoms with E-state index in [4.69, 9.17) is 9.47 Å². The maximum Gasteiger partial charge on any atom is 0.246 e. The van der Waals surface area contributed by atoms with Crippen LogP contribution in [0.25, 0.3) is 6.08 Å². The average Bonchev–Trinajstić information content (AvgIpc) is 2.80. The van der Waals surface area contributed by atoms with Gasteiger partial charge in [-0.25, -0.2) is 0 Å². The Hall–Kier alpha value is -2.50. The third-order valence-electron chi connectivity index (χ3n) is 5.62. The van der Waals surface area contributed by atoms with Gasteiger partial charge in [-0.15, -0.1) is 0 Å². The van der Waals surface area contributed by atoms with Gasteiger partial charge in [0.05, 0.1) is 13.7 Å². The fraction of sp³-hybridized carbons (Fsp3) is 0.600. The summed E-state index contributed by atoms with van der Waals surface area (Å²) in [5.41, 5.74) is 0.884. The Kier molecular flexibility index (Phi) is 11.0. The predicted octanol–water partition coefficient (Wildman–Crippen LogP) is 4.43. The van der Waals surface area contributed by atoms with Gasteiger partial charge in [0, 0.05) is 31.6 Å². The minimum atomic E-state index is -0.0240. The first-order valence-corrected chi connectivity index (χ1v) is 11.6. The number of rotatable bonds is 12. The summed E-state index contributed by atoms with van der Waals surface area (Å²) in [5.74, 6) is 1.50. The van der Waals surface area contributed by atoms with Gasteiger partial charge in [0.2, 0.25) is 11.8 Å². The maximum atomic E-state index is 12.6. The molecule has 1 aromatic rings. The van der Waals surface area contributed by atoms with Gasteiger partial charge in [-0.2, -0.15) is 0 Å². The van der Waals surface area contributed by atoms with Crippen molar-refractivity contribution in [2.75, 3.05) is 33.4 Å². The van der Waals surface area contributed by atoms with Crippen molar-refractivity contribution < 1.29 is 19.1 Å². The summed E-state index contributed by atoms with van der Waals surface area (Å²) in [6.45, 7) is 6.91. The smallest absolute Gasteiger partial charge is 0.246 e. The van der Waals surface area contributed by atoms with Gasteiger partial charge in [-0.3, -0.25) is 9.59 Å². The van der Waals surface area contributed by atoms with Crippen molar-refractivity contribution in [3.05, 3.63) is 29.8 Å². The molecule has 2 rings (SSSR count). The summed E-state index contributed by atoms with van der Waals surface area (Å²) in [7, 11) is 1.62. The van der Waals surface area contributed by atoms with Crippen LogP contribution in [-0.2, 0) is 9.59 Å². The van der Waals surface area contributed by atoms with Crippen LogP contribution < -0.4 is 14.8 Å². The summed E-state index contributed by atoms with van der Waals surface area (Å²) in [6.07, 6.45) is 10.2. The highest BCUT2D eigenvalue weighted by atomic mass is 16.5. The molecule has 0 saturated carbocycles. The first-order valence-electron chi connectivity index (χ1n) is 11.6. The van der Waals surface area contributed by atoms with E-state index in [1.807, 2.05) is 23.1 Å². The second kappa shape index (κ2) is 13.7. The average molecular weight is 431 g/mol. The van der Waals surface area contributed by atoms with Crippen LogP contribution in [0.5, 0.6) is 11.5 Å². The quantitative estimate of drug-likeness (QED) is 0.393. The summed E-state index contributed by atoms with van der Waals surface area (Å²) in [6, 6.07) is 5.67. The van der Waals surface area contributed by atoms with Crippen molar-refractivity contribution in [3.63, 3.8) is 0 Å². The van der Waals surface area contributed by atoms with E-state index >= 15 is 0 Å². The summed E-state index contributed by atoms with van der Waals surface area (Å²) < 4.78 is 11.2. The SMILES string of the molecule is CCCCCNC(=O)C1CCN(C(=O)C=Cc2ccc(OCCCC)c(OC)c2)CC1. The molecule has 0 bridgehead atoms. The summed E-state index contributed by atoms with van der Waals surface area (Å²) >= 11 is 0. The molecule has 1 aromatic carbocycles. The fourth-order valence-corrected chi connectivity index (χ4v) is 3.60. The lowest BCUT2D eigenvalue weighted by molar-refractivity contribution is -0.132. The number of hydrogen-bond acceptors (Lipinski definition) is 4. The number of carbonyl (C=O) groups is 2. The monoisotopic (exact) mass is 430 g/mol. The number of unbranched alkanes of at least 4 members (excludes halogenated alkanes) is 3. The molecule has 1 aliphatic rings. The molecule has 0 aromatic heterocycles. The normalized spacial score (nSPS) is 14.6. The lowest BCUT2D eigenvalue weighted by atomic mass is 9.95. The zero-order valence-electron chi connectivity index (χ0n) is 19.3. The second-order valence-electron chi connectivity index (χ2n) is 8.04. The van der Waals surface area contributed by atoms with Crippen LogP contribution in [0, 0.1) is 5.92 Å². The van der Waals surface area contributed by atoms with Gasteiger partial charge in [-0.05, 0) is 49.5 Å². The third kappa shape index (κ3) is 8.27. The van der Waals surface area contributed by atoms with E-state index in [1.54, 1.807) is 19.3 Å². The molecule has 6 nitrogen and oxygen atoms in total. The Morgan fingerprint density at radius 2 is 1.84 bits per heavy atom. The Bertz CT molecular complexity index is 724. The van der Waals surface area contributed by atoms with E-state index in [-0.39, 0.29) is 17.7 Å². The standard InChI is InChI=1S/C25H38N2O4/c1-4-6-8-15-26-25(29)21-13-16-27(17-14-21)24(28)12-10-20-9-11-22(23(19-20)30-3)31-18-7-5-2/h9-12,19,21H,4-8,13-18H2,1-3H3,(H,26,29). The Morgan fingerprint density at radius 1 is 1.10 bits per heavy atom. The molecule has 0 spiro atoms. The van der Waals surface area contributed by atoms with Gasteiger partial charge in [0.15, 0.2) is 11.5 Å². The predicted molar refractivity (Wildman–Crippen MR) is 124 cm³/mol. The van der Waals surface area contributed by atoms with E-state index in [2.05, 4.69) is 19.2 Å². The number of nitrogens with zero attached hydrogens (tertiary/aromatic N) is 1. The highest BCUT2D eigenvalue weighted by Crippen LogP contribution is 2.29.